The monoisotopic (exact) mass is 229 g/mol. The fourth-order valence-electron chi connectivity index (χ4n) is 1.28. The SMILES string of the molecule is COC(=O)c1c(S)sc2n1cc[n+]2C. The van der Waals surface area contributed by atoms with Crippen LogP contribution < -0.4 is 4.57 Å². The Kier molecular flexibility index (Phi) is 2.24. The lowest BCUT2D eigenvalue weighted by Crippen LogP contribution is -2.24. The Morgan fingerprint density at radius 1 is 1.71 bits per heavy atom. The Balaban J connectivity index is 2.74. The second kappa shape index (κ2) is 3.29. The topological polar surface area (TPSA) is 34.6 Å². The van der Waals surface area contributed by atoms with Crippen LogP contribution >= 0.6 is 24.0 Å². The number of aryl methyl sites for hydroxylation is 1. The van der Waals surface area contributed by atoms with Crippen LogP contribution in [-0.4, -0.2) is 17.5 Å². The summed E-state index contributed by atoms with van der Waals surface area (Å²) in [6.07, 6.45) is 3.70. The molecule has 0 aromatic carbocycles. The largest absolute Gasteiger partial charge is 0.463 e. The van der Waals surface area contributed by atoms with Crippen LogP contribution in [0.1, 0.15) is 10.5 Å². The average molecular weight is 229 g/mol. The van der Waals surface area contributed by atoms with Crippen molar-refractivity contribution < 1.29 is 14.1 Å². The van der Waals surface area contributed by atoms with E-state index in [1.54, 1.807) is 4.40 Å². The summed E-state index contributed by atoms with van der Waals surface area (Å²) >= 11 is 5.69. The zero-order valence-electron chi connectivity index (χ0n) is 7.72. The molecule has 0 N–H and O–H groups in total. The van der Waals surface area contributed by atoms with E-state index in [1.165, 1.54) is 18.4 Å². The van der Waals surface area contributed by atoms with Gasteiger partial charge < -0.3 is 4.74 Å². The van der Waals surface area contributed by atoms with E-state index in [9.17, 15) is 4.79 Å². The van der Waals surface area contributed by atoms with Gasteiger partial charge in [-0.1, -0.05) is 0 Å². The average Bonchev–Trinajstić information content (AvgIpc) is 2.65. The summed E-state index contributed by atoms with van der Waals surface area (Å²) in [5.41, 5.74) is 0.483. The van der Waals surface area contributed by atoms with E-state index >= 15 is 0 Å². The molecule has 0 atom stereocenters. The summed E-state index contributed by atoms with van der Waals surface area (Å²) in [4.78, 5) is 12.4. The van der Waals surface area contributed by atoms with Crippen molar-refractivity contribution in [1.82, 2.24) is 4.40 Å². The highest BCUT2D eigenvalue weighted by molar-refractivity contribution is 7.83. The van der Waals surface area contributed by atoms with E-state index in [-0.39, 0.29) is 5.97 Å². The fraction of sp³-hybridized carbons (Fsp3) is 0.250. The summed E-state index contributed by atoms with van der Waals surface area (Å²) in [6, 6.07) is 0. The molecule has 0 saturated carbocycles. The molecule has 0 aliphatic rings. The summed E-state index contributed by atoms with van der Waals surface area (Å²) in [5, 5.41) is 0. The quantitative estimate of drug-likeness (QED) is 0.448. The Morgan fingerprint density at radius 3 is 3.07 bits per heavy atom. The first-order chi connectivity index (χ1) is 6.65. The second-order valence-corrected chi connectivity index (χ2v) is 4.54. The minimum Gasteiger partial charge on any atom is -0.463 e. The Labute approximate surface area is 90.1 Å². The maximum absolute atomic E-state index is 11.4. The van der Waals surface area contributed by atoms with Crippen LogP contribution in [-0.2, 0) is 11.8 Å². The molecule has 14 heavy (non-hydrogen) atoms. The van der Waals surface area contributed by atoms with Crippen molar-refractivity contribution in [3.8, 4) is 0 Å². The normalized spacial score (nSPS) is 10.8. The minimum absolute atomic E-state index is 0.363. The predicted molar refractivity (Wildman–Crippen MR) is 55.0 cm³/mol. The van der Waals surface area contributed by atoms with Gasteiger partial charge in [0.25, 0.3) is 0 Å². The number of hydrogen-bond acceptors (Lipinski definition) is 4. The molecule has 2 heterocycles. The van der Waals surface area contributed by atoms with Gasteiger partial charge in [0, 0.05) is 0 Å². The predicted octanol–water partition coefficient (Wildman–Crippen LogP) is 0.901. The molecule has 2 aromatic heterocycles. The van der Waals surface area contributed by atoms with Crippen molar-refractivity contribution in [3.63, 3.8) is 0 Å². The number of thiol groups is 1. The number of aromatic nitrogens is 2. The van der Waals surface area contributed by atoms with E-state index in [2.05, 4.69) is 17.4 Å². The Bertz CT molecular complexity index is 501. The van der Waals surface area contributed by atoms with E-state index < -0.39 is 0 Å². The number of thiazole rings is 1. The van der Waals surface area contributed by atoms with Crippen LogP contribution in [0.3, 0.4) is 0 Å². The smallest absolute Gasteiger partial charge is 0.380 e. The van der Waals surface area contributed by atoms with Crippen molar-refractivity contribution in [2.24, 2.45) is 7.05 Å². The summed E-state index contributed by atoms with van der Waals surface area (Å²) < 4.78 is 9.06. The van der Waals surface area contributed by atoms with Crippen LogP contribution in [0.5, 0.6) is 0 Å². The standard InChI is InChI=1S/C8H8N2O2S2/c1-9-3-4-10-5(6(11)12-2)7(13)14-8(9)10/h3-4H,1-2H3/p+1. The molecule has 2 aromatic rings. The molecule has 0 saturated heterocycles. The number of carbonyl (C=O) groups is 1. The zero-order chi connectivity index (χ0) is 10.3. The number of esters is 1. The molecular weight excluding hydrogens is 220 g/mol. The van der Waals surface area contributed by atoms with E-state index in [0.29, 0.717) is 9.90 Å². The van der Waals surface area contributed by atoms with Crippen LogP contribution in [0.15, 0.2) is 16.6 Å². The highest BCUT2D eigenvalue weighted by Gasteiger charge is 2.25. The van der Waals surface area contributed by atoms with E-state index in [4.69, 9.17) is 0 Å². The molecule has 0 bridgehead atoms. The molecule has 0 amide bonds. The highest BCUT2D eigenvalue weighted by Crippen LogP contribution is 2.25. The molecule has 6 heteroatoms. The lowest BCUT2D eigenvalue weighted by atomic mass is 10.5. The van der Waals surface area contributed by atoms with Crippen LogP contribution in [0.2, 0.25) is 0 Å². The molecule has 0 aliphatic carbocycles. The molecule has 0 spiro atoms. The third kappa shape index (κ3) is 1.22. The number of ether oxygens (including phenoxy) is 1. The van der Waals surface area contributed by atoms with Crippen molar-refractivity contribution in [2.75, 3.05) is 7.11 Å². The summed E-state index contributed by atoms with van der Waals surface area (Å²) in [7, 11) is 3.28. The third-order valence-corrected chi connectivity index (χ3v) is 3.50. The second-order valence-electron chi connectivity index (χ2n) is 2.81. The van der Waals surface area contributed by atoms with Crippen molar-refractivity contribution in [1.29, 1.82) is 0 Å². The van der Waals surface area contributed by atoms with Gasteiger partial charge in [0.15, 0.2) is 0 Å². The van der Waals surface area contributed by atoms with Gasteiger partial charge >= 0.3 is 10.9 Å². The van der Waals surface area contributed by atoms with Gasteiger partial charge in [-0.2, -0.15) is 4.40 Å². The zero-order valence-corrected chi connectivity index (χ0v) is 9.43. The summed E-state index contributed by atoms with van der Waals surface area (Å²) in [6.45, 7) is 0. The highest BCUT2D eigenvalue weighted by atomic mass is 32.2. The number of hydrogen-bond donors (Lipinski definition) is 1. The maximum Gasteiger partial charge on any atom is 0.380 e. The first-order valence-electron chi connectivity index (χ1n) is 3.92. The van der Waals surface area contributed by atoms with Gasteiger partial charge in [0.1, 0.15) is 16.6 Å². The molecular formula is C8H9N2O2S2+. The van der Waals surface area contributed by atoms with Crippen LogP contribution in [0.25, 0.3) is 4.96 Å². The van der Waals surface area contributed by atoms with Gasteiger partial charge in [-0.3, -0.25) is 0 Å². The molecule has 2 rings (SSSR count). The van der Waals surface area contributed by atoms with Gasteiger partial charge in [0.05, 0.1) is 14.2 Å². The summed E-state index contributed by atoms with van der Waals surface area (Å²) in [5.74, 6) is -0.363. The molecule has 4 nitrogen and oxygen atoms in total. The number of imidazole rings is 1. The molecule has 0 fully saturated rings. The lowest BCUT2D eigenvalue weighted by molar-refractivity contribution is -0.642. The van der Waals surface area contributed by atoms with E-state index in [1.807, 2.05) is 24.0 Å². The molecule has 0 radical (unpaired) electrons. The van der Waals surface area contributed by atoms with Crippen molar-refractivity contribution >= 4 is 34.9 Å². The first kappa shape index (κ1) is 9.54. The lowest BCUT2D eigenvalue weighted by Gasteiger charge is -1.92. The van der Waals surface area contributed by atoms with Gasteiger partial charge in [0.2, 0.25) is 5.69 Å². The minimum atomic E-state index is -0.363. The Hall–Kier alpha value is -1.01. The third-order valence-electron chi connectivity index (χ3n) is 1.96. The van der Waals surface area contributed by atoms with Gasteiger partial charge in [-0.25, -0.2) is 9.36 Å². The number of rotatable bonds is 1. The van der Waals surface area contributed by atoms with Gasteiger partial charge in [-0.05, 0) is 11.3 Å². The number of nitrogens with zero attached hydrogens (tertiary/aromatic N) is 2. The van der Waals surface area contributed by atoms with Crippen molar-refractivity contribution in [2.45, 2.75) is 4.21 Å². The fourth-order valence-corrected chi connectivity index (χ4v) is 2.63. The molecule has 0 aliphatic heterocycles. The van der Waals surface area contributed by atoms with Crippen LogP contribution in [0.4, 0.5) is 0 Å². The Morgan fingerprint density at radius 2 is 2.43 bits per heavy atom. The number of fused-ring (bicyclic) bond motifs is 1. The first-order valence-corrected chi connectivity index (χ1v) is 5.18. The van der Waals surface area contributed by atoms with Crippen molar-refractivity contribution in [3.05, 3.63) is 18.1 Å². The van der Waals surface area contributed by atoms with Gasteiger partial charge in [-0.15, -0.1) is 12.6 Å². The number of methoxy groups -OCH3 is 1. The number of carbonyl (C=O) groups excluding carboxylic acids is 1. The molecule has 0 unspecified atom stereocenters. The molecule has 74 valence electrons. The maximum atomic E-state index is 11.4. The van der Waals surface area contributed by atoms with E-state index in [0.717, 1.165) is 4.96 Å². The van der Waals surface area contributed by atoms with Crippen LogP contribution in [0, 0.1) is 0 Å².